The van der Waals surface area contributed by atoms with Gasteiger partial charge < -0.3 is 15.4 Å². The second-order valence-electron chi connectivity index (χ2n) is 7.53. The van der Waals surface area contributed by atoms with Crippen LogP contribution in [0.1, 0.15) is 30.0 Å². The highest BCUT2D eigenvalue weighted by atomic mass is 16.6. The number of rotatable bonds is 9. The molecule has 0 saturated carbocycles. The van der Waals surface area contributed by atoms with E-state index in [0.29, 0.717) is 13.1 Å². The number of morpholine rings is 1. The summed E-state index contributed by atoms with van der Waals surface area (Å²) in [5.41, 5.74) is 3.57. The quantitative estimate of drug-likeness (QED) is 0.278. The largest absolute Gasteiger partial charge is 0.379 e. The summed E-state index contributed by atoms with van der Waals surface area (Å²) in [6.07, 6.45) is 0.992. The van der Waals surface area contributed by atoms with Crippen LogP contribution in [0.15, 0.2) is 53.5 Å². The third kappa shape index (κ3) is 7.34. The van der Waals surface area contributed by atoms with Gasteiger partial charge in [0, 0.05) is 44.9 Å². The first-order chi connectivity index (χ1) is 15.2. The van der Waals surface area contributed by atoms with Crippen LogP contribution in [0.5, 0.6) is 0 Å². The number of aliphatic imine (C=N–C) groups is 1. The van der Waals surface area contributed by atoms with Crippen molar-refractivity contribution in [1.82, 2.24) is 15.5 Å². The van der Waals surface area contributed by atoms with Crippen LogP contribution in [0, 0.1) is 10.1 Å². The number of non-ortho nitro benzene ring substituents is 1. The average molecular weight is 426 g/mol. The van der Waals surface area contributed by atoms with Crippen molar-refractivity contribution >= 4 is 11.6 Å². The number of nitro groups is 1. The number of nitro benzene ring substituents is 1. The average Bonchev–Trinajstić information content (AvgIpc) is 2.80. The molecule has 2 aromatic rings. The Kier molecular flexibility index (Phi) is 8.81. The Morgan fingerprint density at radius 1 is 1.10 bits per heavy atom. The summed E-state index contributed by atoms with van der Waals surface area (Å²) in [6.45, 7) is 8.48. The zero-order valence-electron chi connectivity index (χ0n) is 18.0. The van der Waals surface area contributed by atoms with E-state index in [1.807, 2.05) is 0 Å². The molecule has 0 spiro atoms. The molecule has 0 aliphatic carbocycles. The van der Waals surface area contributed by atoms with E-state index in [-0.39, 0.29) is 5.69 Å². The van der Waals surface area contributed by atoms with Crippen LogP contribution in [-0.2, 0) is 24.4 Å². The molecule has 0 aromatic heterocycles. The molecule has 8 nitrogen and oxygen atoms in total. The summed E-state index contributed by atoms with van der Waals surface area (Å²) >= 11 is 0. The normalized spacial score (nSPS) is 14.9. The molecule has 1 saturated heterocycles. The zero-order chi connectivity index (χ0) is 21.9. The number of hydrogen-bond acceptors (Lipinski definition) is 5. The van der Waals surface area contributed by atoms with Crippen molar-refractivity contribution < 1.29 is 9.66 Å². The van der Waals surface area contributed by atoms with Crippen LogP contribution in [0.25, 0.3) is 0 Å². The highest BCUT2D eigenvalue weighted by molar-refractivity contribution is 5.79. The molecule has 0 amide bonds. The number of guanidine groups is 1. The van der Waals surface area contributed by atoms with Gasteiger partial charge >= 0.3 is 0 Å². The molecular weight excluding hydrogens is 394 g/mol. The lowest BCUT2D eigenvalue weighted by molar-refractivity contribution is -0.384. The zero-order valence-corrected chi connectivity index (χ0v) is 18.0. The Balaban J connectivity index is 1.63. The van der Waals surface area contributed by atoms with Crippen molar-refractivity contribution in [2.75, 3.05) is 32.8 Å². The molecule has 166 valence electrons. The van der Waals surface area contributed by atoms with Crippen LogP contribution in [-0.4, -0.2) is 48.6 Å². The summed E-state index contributed by atoms with van der Waals surface area (Å²) in [4.78, 5) is 17.5. The molecule has 0 atom stereocenters. The lowest BCUT2D eigenvalue weighted by Crippen LogP contribution is -2.38. The fourth-order valence-corrected chi connectivity index (χ4v) is 3.37. The number of ether oxygens (including phenoxy) is 1. The molecule has 2 N–H and O–H groups in total. The lowest BCUT2D eigenvalue weighted by atomic mass is 10.1. The van der Waals surface area contributed by atoms with E-state index in [1.54, 1.807) is 12.1 Å². The minimum absolute atomic E-state index is 0.0899. The Labute approximate surface area is 183 Å². The molecule has 1 aliphatic heterocycles. The van der Waals surface area contributed by atoms with Crippen molar-refractivity contribution in [2.24, 2.45) is 4.99 Å². The first kappa shape index (κ1) is 22.7. The van der Waals surface area contributed by atoms with Crippen molar-refractivity contribution in [3.05, 3.63) is 75.3 Å². The third-order valence-corrected chi connectivity index (χ3v) is 5.17. The van der Waals surface area contributed by atoms with Crippen LogP contribution in [0.3, 0.4) is 0 Å². The van der Waals surface area contributed by atoms with E-state index in [1.165, 1.54) is 23.3 Å². The number of hydrogen-bond donors (Lipinski definition) is 2. The van der Waals surface area contributed by atoms with E-state index >= 15 is 0 Å². The maximum atomic E-state index is 10.8. The molecule has 3 rings (SSSR count). The Morgan fingerprint density at radius 2 is 1.81 bits per heavy atom. The molecule has 0 unspecified atom stereocenters. The summed E-state index contributed by atoms with van der Waals surface area (Å²) in [7, 11) is 0. The minimum Gasteiger partial charge on any atom is -0.379 e. The van der Waals surface area contributed by atoms with Gasteiger partial charge in [-0.3, -0.25) is 15.0 Å². The molecule has 8 heteroatoms. The molecular formula is C23H31N5O3. The van der Waals surface area contributed by atoms with Crippen molar-refractivity contribution in [3.8, 4) is 0 Å². The second-order valence-corrected chi connectivity index (χ2v) is 7.53. The second kappa shape index (κ2) is 12.0. The number of nitrogens with one attached hydrogen (secondary N) is 2. The van der Waals surface area contributed by atoms with Gasteiger partial charge in [-0.2, -0.15) is 0 Å². The third-order valence-electron chi connectivity index (χ3n) is 5.17. The van der Waals surface area contributed by atoms with Gasteiger partial charge in [0.1, 0.15) is 0 Å². The van der Waals surface area contributed by atoms with Crippen LogP contribution in [0.2, 0.25) is 0 Å². The molecule has 1 fully saturated rings. The predicted molar refractivity (Wildman–Crippen MR) is 122 cm³/mol. The van der Waals surface area contributed by atoms with Gasteiger partial charge in [-0.25, -0.2) is 4.99 Å². The summed E-state index contributed by atoms with van der Waals surface area (Å²) in [6, 6.07) is 15.0. The monoisotopic (exact) mass is 425 g/mol. The molecule has 31 heavy (non-hydrogen) atoms. The standard InChI is InChI=1S/C23H31N5O3/c1-2-11-24-23(25-16-19-7-9-22(10-8-19)28(29)30)26-17-20-5-3-4-6-21(20)18-27-12-14-31-15-13-27/h3-10H,2,11-18H2,1H3,(H2,24,25,26). The Hall–Kier alpha value is -2.97. The summed E-state index contributed by atoms with van der Waals surface area (Å²) < 4.78 is 5.45. The predicted octanol–water partition coefficient (Wildman–Crippen LogP) is 3.07. The van der Waals surface area contributed by atoms with Gasteiger partial charge in [-0.05, 0) is 23.1 Å². The first-order valence-corrected chi connectivity index (χ1v) is 10.8. The van der Waals surface area contributed by atoms with Gasteiger partial charge in [-0.15, -0.1) is 0 Å². The molecule has 1 heterocycles. The van der Waals surface area contributed by atoms with E-state index in [2.05, 4.69) is 51.7 Å². The molecule has 1 aliphatic rings. The first-order valence-electron chi connectivity index (χ1n) is 10.8. The summed E-state index contributed by atoms with van der Waals surface area (Å²) in [5, 5.41) is 17.6. The SMILES string of the molecule is CCCNC(=NCc1ccc([N+](=O)[O-])cc1)NCc1ccccc1CN1CCOCC1. The Morgan fingerprint density at radius 3 is 2.48 bits per heavy atom. The number of benzene rings is 2. The number of nitrogens with zero attached hydrogens (tertiary/aromatic N) is 3. The van der Waals surface area contributed by atoms with Gasteiger partial charge in [0.15, 0.2) is 5.96 Å². The van der Waals surface area contributed by atoms with E-state index in [9.17, 15) is 10.1 Å². The molecule has 0 bridgehead atoms. The molecule has 2 aromatic carbocycles. The molecule has 0 radical (unpaired) electrons. The fraction of sp³-hybridized carbons (Fsp3) is 0.435. The summed E-state index contributed by atoms with van der Waals surface area (Å²) in [5.74, 6) is 0.737. The van der Waals surface area contributed by atoms with Gasteiger partial charge in [0.25, 0.3) is 5.69 Å². The van der Waals surface area contributed by atoms with Gasteiger partial charge in [-0.1, -0.05) is 43.3 Å². The van der Waals surface area contributed by atoms with E-state index in [0.717, 1.165) is 57.3 Å². The van der Waals surface area contributed by atoms with E-state index in [4.69, 9.17) is 4.74 Å². The van der Waals surface area contributed by atoms with Crippen molar-refractivity contribution in [1.29, 1.82) is 0 Å². The van der Waals surface area contributed by atoms with Crippen LogP contribution >= 0.6 is 0 Å². The smallest absolute Gasteiger partial charge is 0.269 e. The topological polar surface area (TPSA) is 92.0 Å². The van der Waals surface area contributed by atoms with Crippen molar-refractivity contribution in [2.45, 2.75) is 33.0 Å². The maximum Gasteiger partial charge on any atom is 0.269 e. The lowest BCUT2D eigenvalue weighted by Gasteiger charge is -2.27. The fourth-order valence-electron chi connectivity index (χ4n) is 3.37. The van der Waals surface area contributed by atoms with Crippen LogP contribution < -0.4 is 10.6 Å². The minimum atomic E-state index is -0.392. The van der Waals surface area contributed by atoms with Gasteiger partial charge in [0.05, 0.1) is 24.7 Å². The van der Waals surface area contributed by atoms with Crippen LogP contribution in [0.4, 0.5) is 5.69 Å². The highest BCUT2D eigenvalue weighted by Gasteiger charge is 2.13. The van der Waals surface area contributed by atoms with Crippen molar-refractivity contribution in [3.63, 3.8) is 0 Å². The van der Waals surface area contributed by atoms with Gasteiger partial charge in [0.2, 0.25) is 0 Å². The van der Waals surface area contributed by atoms with E-state index < -0.39 is 4.92 Å². The maximum absolute atomic E-state index is 10.8. The highest BCUT2D eigenvalue weighted by Crippen LogP contribution is 2.14. The Bertz CT molecular complexity index is 864.